The summed E-state index contributed by atoms with van der Waals surface area (Å²) in [6, 6.07) is 59.3. The van der Waals surface area contributed by atoms with Crippen LogP contribution in [-0.2, 0) is 0 Å². The minimum Gasteiger partial charge on any atom is -0.455 e. The van der Waals surface area contributed by atoms with E-state index < -0.39 is 18.1 Å². The summed E-state index contributed by atoms with van der Waals surface area (Å²) >= 11 is 0. The van der Waals surface area contributed by atoms with Crippen LogP contribution in [0.25, 0.3) is 122 Å². The van der Waals surface area contributed by atoms with Gasteiger partial charge in [-0.25, -0.2) is 15.0 Å². The molecule has 6 heteroatoms. The molecule has 0 aliphatic heterocycles. The molecule has 0 bridgehead atoms. The molecule has 0 atom stereocenters. The molecular weight excluding hydrogens is 771 g/mol. The van der Waals surface area contributed by atoms with Crippen LogP contribution >= 0.6 is 0 Å². The van der Waals surface area contributed by atoms with Crippen molar-refractivity contribution in [2.45, 2.75) is 0 Å². The molecule has 0 saturated carbocycles. The molecule has 0 aliphatic carbocycles. The molecule has 0 spiro atoms. The van der Waals surface area contributed by atoms with Crippen LogP contribution in [0.5, 0.6) is 0 Å². The number of hydrogen-bond donors (Lipinski definition) is 0. The Morgan fingerprint density at radius 1 is 0.349 bits per heavy atom. The van der Waals surface area contributed by atoms with E-state index in [-0.39, 0.29) is 17.6 Å². The molecule has 294 valence electrons. The van der Waals surface area contributed by atoms with E-state index in [9.17, 15) is 0 Å². The fourth-order valence-electron chi connectivity index (χ4n) is 9.27. The Bertz CT molecular complexity index is 4140. The van der Waals surface area contributed by atoms with Crippen molar-refractivity contribution in [2.75, 3.05) is 0 Å². The van der Waals surface area contributed by atoms with E-state index in [1.807, 2.05) is 84.9 Å². The molecule has 0 aliphatic rings. The number of benzene rings is 9. The molecule has 63 heavy (non-hydrogen) atoms. The topological polar surface area (TPSA) is 61.7 Å². The maximum absolute atomic E-state index is 8.95. The molecule has 0 fully saturated rings. The largest absolute Gasteiger partial charge is 0.455 e. The first-order valence-corrected chi connectivity index (χ1v) is 20.8. The van der Waals surface area contributed by atoms with Crippen LogP contribution in [0, 0.1) is 0 Å². The predicted octanol–water partition coefficient (Wildman–Crippen LogP) is 14.6. The molecule has 0 unspecified atom stereocenters. The maximum atomic E-state index is 8.95. The Hall–Kier alpha value is -8.61. The summed E-state index contributed by atoms with van der Waals surface area (Å²) in [6.07, 6.45) is 0. The van der Waals surface area contributed by atoms with E-state index in [0.717, 1.165) is 71.5 Å². The Labute approximate surface area is 368 Å². The van der Waals surface area contributed by atoms with Crippen molar-refractivity contribution >= 4 is 65.6 Å². The van der Waals surface area contributed by atoms with Crippen molar-refractivity contribution in [2.24, 2.45) is 0 Å². The van der Waals surface area contributed by atoms with Crippen molar-refractivity contribution in [3.05, 3.63) is 212 Å². The molecule has 4 heterocycles. The lowest BCUT2D eigenvalue weighted by molar-refractivity contribution is 0.670. The second kappa shape index (κ2) is 14.0. The number of nitrogens with zero attached hydrogens (tertiary/aromatic N) is 5. The lowest BCUT2D eigenvalue weighted by atomic mass is 10.0. The second-order valence-corrected chi connectivity index (χ2v) is 15.6. The predicted molar refractivity (Wildman–Crippen MR) is 258 cm³/mol. The number of aromatic nitrogens is 5. The summed E-state index contributed by atoms with van der Waals surface area (Å²) in [6.45, 7) is 0. The molecule has 4 aromatic heterocycles. The van der Waals surface area contributed by atoms with E-state index >= 15 is 0 Å². The highest BCUT2D eigenvalue weighted by atomic mass is 16.3. The highest BCUT2D eigenvalue weighted by Gasteiger charge is 2.23. The van der Waals surface area contributed by atoms with Gasteiger partial charge in [-0.2, -0.15) is 0 Å². The fraction of sp³-hybridized carbons (Fsp3) is 0. The third-order valence-electron chi connectivity index (χ3n) is 12.0. The normalized spacial score (nSPS) is 12.9. The highest BCUT2D eigenvalue weighted by molar-refractivity contribution is 6.15. The average Bonchev–Trinajstić information content (AvgIpc) is 4.05. The molecule has 13 rings (SSSR count). The van der Waals surface area contributed by atoms with Crippen LogP contribution in [-0.4, -0.2) is 24.1 Å². The molecule has 0 amide bonds. The van der Waals surface area contributed by atoms with Crippen molar-refractivity contribution in [3.63, 3.8) is 0 Å². The van der Waals surface area contributed by atoms with E-state index in [2.05, 4.69) is 100 Å². The number of hydrogen-bond acceptors (Lipinski definition) is 4. The molecule has 9 aromatic carbocycles. The summed E-state index contributed by atoms with van der Waals surface area (Å²) in [7, 11) is 0. The van der Waals surface area contributed by atoms with Gasteiger partial charge in [0.2, 0.25) is 0 Å². The maximum Gasteiger partial charge on any atom is 0.167 e. The zero-order chi connectivity index (χ0) is 45.8. The first kappa shape index (κ1) is 30.4. The third kappa shape index (κ3) is 5.55. The van der Waals surface area contributed by atoms with Crippen LogP contribution < -0.4 is 0 Å². The van der Waals surface area contributed by atoms with Gasteiger partial charge in [-0.1, -0.05) is 164 Å². The Kier molecular flexibility index (Phi) is 6.75. The van der Waals surface area contributed by atoms with Gasteiger partial charge in [0.05, 0.1) is 34.5 Å². The van der Waals surface area contributed by atoms with Gasteiger partial charge in [-0.05, 0) is 54.1 Å². The molecular formula is C57H35N5O. The standard InChI is InChI=1S/C57H35N5O/c1-4-17-36(18-5-1)41-26-16-27-46-47-34-40(62-50-29-14-10-23-42(50)43-24-11-15-30-51(43)62)35-48(54(47)63-53(41)46)57-59-55(37-19-6-2-7-20-37)58-56(60-57)38-31-32-45-44-25-12-13-28-49(44)61(52(45)33-38)39-21-8-3-9-22-39/h1-35H/i1D,4D,5D,17D,18D. The van der Waals surface area contributed by atoms with Crippen LogP contribution in [0.2, 0.25) is 0 Å². The van der Waals surface area contributed by atoms with Crippen molar-refractivity contribution in [3.8, 4) is 56.7 Å². The zero-order valence-corrected chi connectivity index (χ0v) is 33.5. The third-order valence-corrected chi connectivity index (χ3v) is 12.0. The van der Waals surface area contributed by atoms with Gasteiger partial charge in [0.25, 0.3) is 0 Å². The number of furan rings is 1. The molecule has 13 aromatic rings. The fourth-order valence-corrected chi connectivity index (χ4v) is 9.27. The monoisotopic (exact) mass is 810 g/mol. The van der Waals surface area contributed by atoms with E-state index in [0.29, 0.717) is 45.2 Å². The van der Waals surface area contributed by atoms with Crippen molar-refractivity contribution in [1.82, 2.24) is 24.1 Å². The number of rotatable bonds is 6. The second-order valence-electron chi connectivity index (χ2n) is 15.6. The molecule has 6 nitrogen and oxygen atoms in total. The van der Waals surface area contributed by atoms with Gasteiger partial charge in [0.1, 0.15) is 11.2 Å². The minimum atomic E-state index is -0.459. The smallest absolute Gasteiger partial charge is 0.167 e. The van der Waals surface area contributed by atoms with Crippen LogP contribution in [0.4, 0.5) is 0 Å². The van der Waals surface area contributed by atoms with E-state index in [1.165, 1.54) is 0 Å². The number of fused-ring (bicyclic) bond motifs is 9. The quantitative estimate of drug-likeness (QED) is 0.168. The molecule has 0 radical (unpaired) electrons. The minimum absolute atomic E-state index is 0.0574. The highest BCUT2D eigenvalue weighted by Crippen LogP contribution is 2.43. The summed E-state index contributed by atoms with van der Waals surface area (Å²) in [5.41, 5.74) is 9.45. The van der Waals surface area contributed by atoms with Gasteiger partial charge in [-0.15, -0.1) is 0 Å². The van der Waals surface area contributed by atoms with Gasteiger partial charge < -0.3 is 13.6 Å². The molecule has 0 N–H and O–H groups in total. The summed E-state index contributed by atoms with van der Waals surface area (Å²) < 4.78 is 54.8. The van der Waals surface area contributed by atoms with Crippen LogP contribution in [0.1, 0.15) is 6.85 Å². The average molecular weight is 811 g/mol. The summed E-state index contributed by atoms with van der Waals surface area (Å²) in [4.78, 5) is 15.8. The molecule has 0 saturated heterocycles. The lowest BCUT2D eigenvalue weighted by Gasteiger charge is -2.13. The van der Waals surface area contributed by atoms with Crippen LogP contribution in [0.15, 0.2) is 217 Å². The van der Waals surface area contributed by atoms with E-state index in [1.54, 1.807) is 6.07 Å². The first-order valence-electron chi connectivity index (χ1n) is 23.3. The summed E-state index contributed by atoms with van der Waals surface area (Å²) in [5, 5.41) is 5.87. The van der Waals surface area contributed by atoms with Gasteiger partial charge in [0, 0.05) is 60.4 Å². The lowest BCUT2D eigenvalue weighted by Crippen LogP contribution is -2.02. The Morgan fingerprint density at radius 2 is 0.889 bits per heavy atom. The van der Waals surface area contributed by atoms with E-state index in [4.69, 9.17) is 26.2 Å². The SMILES string of the molecule is [2H]c1c([2H])c([2H])c(-c2cccc3c2oc2c(-c4nc(-c5ccccc5)nc(-c5ccc6c7ccccc7n(-c7ccccc7)c6c5)n4)cc(-n4c5ccccc5c5ccccc54)cc23)c([2H])c1[2H]. The summed E-state index contributed by atoms with van der Waals surface area (Å²) in [5.74, 6) is 1.31. The van der Waals surface area contributed by atoms with Crippen molar-refractivity contribution < 1.29 is 11.3 Å². The Balaban J connectivity index is 1.13. The van der Waals surface area contributed by atoms with Crippen molar-refractivity contribution in [1.29, 1.82) is 0 Å². The van der Waals surface area contributed by atoms with Gasteiger partial charge >= 0.3 is 0 Å². The number of para-hydroxylation sites is 5. The van der Waals surface area contributed by atoms with Gasteiger partial charge in [-0.3, -0.25) is 0 Å². The van der Waals surface area contributed by atoms with Crippen LogP contribution in [0.3, 0.4) is 0 Å². The van der Waals surface area contributed by atoms with Gasteiger partial charge in [0.15, 0.2) is 17.5 Å². The zero-order valence-electron chi connectivity index (χ0n) is 38.5. The Morgan fingerprint density at radius 3 is 1.57 bits per heavy atom. The first-order chi connectivity index (χ1) is 33.3.